The Labute approximate surface area is 116 Å². The zero-order valence-electron chi connectivity index (χ0n) is 11.2. The van der Waals surface area contributed by atoms with Gasteiger partial charge in [-0.1, -0.05) is 0 Å². The normalized spacial score (nSPS) is 22.6. The van der Waals surface area contributed by atoms with E-state index in [1.807, 2.05) is 11.9 Å². The smallest absolute Gasteiger partial charge is 0.257 e. The molecular formula is C14H17FN2O3. The molecule has 0 saturated carbocycles. The number of nitrogens with zero attached hydrogens (tertiary/aromatic N) is 1. The predicted molar refractivity (Wildman–Crippen MR) is 72.2 cm³/mol. The summed E-state index contributed by atoms with van der Waals surface area (Å²) in [6.45, 7) is 1.36. The number of anilines is 2. The first-order valence-corrected chi connectivity index (χ1v) is 6.71. The SMILES string of the molecule is CN(c1cc2c(cc1F)C(O)C(=O)N2)C1CCOCC1. The van der Waals surface area contributed by atoms with E-state index in [1.54, 1.807) is 6.07 Å². The zero-order chi connectivity index (χ0) is 14.3. The Kier molecular flexibility index (Phi) is 3.35. The van der Waals surface area contributed by atoms with Crippen LogP contribution in [0.25, 0.3) is 0 Å². The van der Waals surface area contributed by atoms with Crippen LogP contribution in [-0.2, 0) is 9.53 Å². The van der Waals surface area contributed by atoms with Gasteiger partial charge in [-0.25, -0.2) is 4.39 Å². The Morgan fingerprint density at radius 3 is 2.80 bits per heavy atom. The molecule has 1 atom stereocenters. The van der Waals surface area contributed by atoms with Crippen LogP contribution in [0.15, 0.2) is 12.1 Å². The fourth-order valence-corrected chi connectivity index (χ4v) is 2.79. The Balaban J connectivity index is 1.91. The molecule has 108 valence electrons. The number of halogens is 1. The number of benzene rings is 1. The molecule has 0 bridgehead atoms. The fraction of sp³-hybridized carbons (Fsp3) is 0.500. The van der Waals surface area contributed by atoms with E-state index in [-0.39, 0.29) is 6.04 Å². The zero-order valence-corrected chi connectivity index (χ0v) is 11.2. The Bertz CT molecular complexity index is 543. The molecule has 1 aromatic carbocycles. The van der Waals surface area contributed by atoms with E-state index in [0.29, 0.717) is 30.2 Å². The van der Waals surface area contributed by atoms with Gasteiger partial charge in [0.2, 0.25) is 0 Å². The molecule has 2 N–H and O–H groups in total. The average molecular weight is 280 g/mol. The summed E-state index contributed by atoms with van der Waals surface area (Å²) in [5, 5.41) is 12.2. The Hall–Kier alpha value is -1.66. The minimum absolute atomic E-state index is 0.221. The molecule has 0 radical (unpaired) electrons. The van der Waals surface area contributed by atoms with Gasteiger partial charge in [-0.3, -0.25) is 4.79 Å². The van der Waals surface area contributed by atoms with Crippen molar-refractivity contribution in [2.24, 2.45) is 0 Å². The summed E-state index contributed by atoms with van der Waals surface area (Å²) < 4.78 is 19.5. The van der Waals surface area contributed by atoms with Gasteiger partial charge in [0.05, 0.1) is 5.69 Å². The summed E-state index contributed by atoms with van der Waals surface area (Å²) in [4.78, 5) is 13.3. The van der Waals surface area contributed by atoms with Gasteiger partial charge < -0.3 is 20.1 Å². The second-order valence-electron chi connectivity index (χ2n) is 5.24. The lowest BCUT2D eigenvalue weighted by Gasteiger charge is -2.33. The predicted octanol–water partition coefficient (Wildman–Crippen LogP) is 1.43. The third-order valence-electron chi connectivity index (χ3n) is 4.04. The van der Waals surface area contributed by atoms with E-state index < -0.39 is 17.8 Å². The van der Waals surface area contributed by atoms with Crippen molar-refractivity contribution in [3.8, 4) is 0 Å². The number of ether oxygens (including phenoxy) is 1. The van der Waals surface area contributed by atoms with Crippen molar-refractivity contribution in [1.29, 1.82) is 0 Å². The molecule has 5 nitrogen and oxygen atoms in total. The molecule has 2 heterocycles. The second-order valence-corrected chi connectivity index (χ2v) is 5.24. The van der Waals surface area contributed by atoms with Crippen molar-refractivity contribution in [1.82, 2.24) is 0 Å². The maximum absolute atomic E-state index is 14.2. The molecule has 0 aromatic heterocycles. The third kappa shape index (κ3) is 2.14. The van der Waals surface area contributed by atoms with Gasteiger partial charge >= 0.3 is 0 Å². The monoisotopic (exact) mass is 280 g/mol. The summed E-state index contributed by atoms with van der Waals surface area (Å²) in [6.07, 6.45) is 0.422. The highest BCUT2D eigenvalue weighted by molar-refractivity contribution is 6.02. The minimum atomic E-state index is -1.28. The molecule has 1 fully saturated rings. The number of nitrogens with one attached hydrogen (secondary N) is 1. The average Bonchev–Trinajstić information content (AvgIpc) is 2.74. The lowest BCUT2D eigenvalue weighted by atomic mass is 10.0. The van der Waals surface area contributed by atoms with Crippen LogP contribution in [0, 0.1) is 5.82 Å². The van der Waals surface area contributed by atoms with Gasteiger partial charge in [0.15, 0.2) is 6.10 Å². The molecule has 2 aliphatic heterocycles. The van der Waals surface area contributed by atoms with E-state index in [9.17, 15) is 14.3 Å². The lowest BCUT2D eigenvalue weighted by molar-refractivity contribution is -0.123. The molecule has 1 amide bonds. The van der Waals surface area contributed by atoms with Crippen molar-refractivity contribution in [2.75, 3.05) is 30.5 Å². The van der Waals surface area contributed by atoms with Gasteiger partial charge in [-0.2, -0.15) is 0 Å². The molecule has 0 spiro atoms. The number of carbonyl (C=O) groups is 1. The van der Waals surface area contributed by atoms with E-state index in [1.165, 1.54) is 6.07 Å². The van der Waals surface area contributed by atoms with Crippen molar-refractivity contribution < 1.29 is 19.0 Å². The summed E-state index contributed by atoms with van der Waals surface area (Å²) in [7, 11) is 1.84. The number of carbonyl (C=O) groups excluding carboxylic acids is 1. The number of aliphatic hydroxyl groups excluding tert-OH is 1. The number of hydrogen-bond donors (Lipinski definition) is 2. The number of hydrogen-bond acceptors (Lipinski definition) is 4. The molecule has 1 aromatic rings. The Morgan fingerprint density at radius 1 is 1.40 bits per heavy atom. The van der Waals surface area contributed by atoms with E-state index in [2.05, 4.69) is 5.32 Å². The number of rotatable bonds is 2. The highest BCUT2D eigenvalue weighted by Crippen LogP contribution is 2.36. The standard InChI is InChI=1S/C14H17FN2O3/c1-17(8-2-4-20-5-3-8)12-7-11-9(6-10(12)15)13(18)14(19)16-11/h6-8,13,18H,2-5H2,1H3,(H,16,19). The van der Waals surface area contributed by atoms with Crippen LogP contribution in [0.5, 0.6) is 0 Å². The van der Waals surface area contributed by atoms with Gasteiger partial charge in [0, 0.05) is 37.6 Å². The minimum Gasteiger partial charge on any atom is -0.381 e. The van der Waals surface area contributed by atoms with Crippen molar-refractivity contribution in [2.45, 2.75) is 25.0 Å². The Morgan fingerprint density at radius 2 is 2.10 bits per heavy atom. The molecule has 3 rings (SSSR count). The number of fused-ring (bicyclic) bond motifs is 1. The molecule has 6 heteroatoms. The molecule has 0 aliphatic carbocycles. The van der Waals surface area contributed by atoms with E-state index in [0.717, 1.165) is 12.8 Å². The number of aliphatic hydroxyl groups is 1. The van der Waals surface area contributed by atoms with Crippen molar-refractivity contribution in [3.05, 3.63) is 23.5 Å². The van der Waals surface area contributed by atoms with Crippen LogP contribution >= 0.6 is 0 Å². The summed E-state index contributed by atoms with van der Waals surface area (Å²) in [5.74, 6) is -0.932. The van der Waals surface area contributed by atoms with Crippen LogP contribution in [-0.4, -0.2) is 37.3 Å². The second kappa shape index (κ2) is 5.03. The van der Waals surface area contributed by atoms with Gasteiger partial charge in [0.1, 0.15) is 5.82 Å². The summed E-state index contributed by atoms with van der Waals surface area (Å²) >= 11 is 0. The first-order valence-electron chi connectivity index (χ1n) is 6.71. The van der Waals surface area contributed by atoms with Gasteiger partial charge in [-0.15, -0.1) is 0 Å². The van der Waals surface area contributed by atoms with Crippen LogP contribution in [0.1, 0.15) is 24.5 Å². The van der Waals surface area contributed by atoms with Gasteiger partial charge in [0.25, 0.3) is 5.91 Å². The van der Waals surface area contributed by atoms with E-state index >= 15 is 0 Å². The largest absolute Gasteiger partial charge is 0.381 e. The van der Waals surface area contributed by atoms with Crippen LogP contribution < -0.4 is 10.2 Å². The van der Waals surface area contributed by atoms with Crippen LogP contribution in [0.3, 0.4) is 0 Å². The maximum Gasteiger partial charge on any atom is 0.257 e. The summed E-state index contributed by atoms with van der Waals surface area (Å²) in [5.41, 5.74) is 1.22. The van der Waals surface area contributed by atoms with Crippen LogP contribution in [0.2, 0.25) is 0 Å². The molecule has 2 aliphatic rings. The first kappa shape index (κ1) is 13.3. The molecular weight excluding hydrogens is 263 g/mol. The van der Waals surface area contributed by atoms with E-state index in [4.69, 9.17) is 4.74 Å². The topological polar surface area (TPSA) is 61.8 Å². The lowest BCUT2D eigenvalue weighted by Crippen LogP contribution is -2.37. The molecule has 1 saturated heterocycles. The van der Waals surface area contributed by atoms with Crippen molar-refractivity contribution in [3.63, 3.8) is 0 Å². The molecule has 1 unspecified atom stereocenters. The quantitative estimate of drug-likeness (QED) is 0.860. The highest BCUT2D eigenvalue weighted by atomic mass is 19.1. The molecule has 20 heavy (non-hydrogen) atoms. The number of amides is 1. The maximum atomic E-state index is 14.2. The highest BCUT2D eigenvalue weighted by Gasteiger charge is 2.31. The summed E-state index contributed by atoms with van der Waals surface area (Å²) in [6, 6.07) is 3.05. The fourth-order valence-electron chi connectivity index (χ4n) is 2.79. The van der Waals surface area contributed by atoms with Crippen LogP contribution in [0.4, 0.5) is 15.8 Å². The van der Waals surface area contributed by atoms with Crippen molar-refractivity contribution >= 4 is 17.3 Å². The third-order valence-corrected chi connectivity index (χ3v) is 4.04. The first-order chi connectivity index (χ1) is 9.58. The van der Waals surface area contributed by atoms with Gasteiger partial charge in [-0.05, 0) is 25.0 Å².